The van der Waals surface area contributed by atoms with Gasteiger partial charge in [-0.1, -0.05) is 19.9 Å². The maximum absolute atomic E-state index is 13.9. The summed E-state index contributed by atoms with van der Waals surface area (Å²) in [6, 6.07) is 8.03. The molecule has 2 unspecified atom stereocenters. The molecular formula is C39H49N7O5S. The fraction of sp³-hybridized carbons (Fsp3) is 0.538. The number of carbonyl (C=O) groups is 2. The smallest absolute Gasteiger partial charge is 0.328 e. The van der Waals surface area contributed by atoms with Crippen molar-refractivity contribution in [2.45, 2.75) is 77.6 Å². The number of ether oxygens (including phenoxy) is 3. The first-order valence-electron chi connectivity index (χ1n) is 18.5. The number of nitrogens with zero attached hydrogens (tertiary/aromatic N) is 5. The molecule has 1 spiro atoms. The van der Waals surface area contributed by atoms with Crippen LogP contribution >= 0.6 is 11.3 Å². The van der Waals surface area contributed by atoms with E-state index in [1.54, 1.807) is 7.11 Å². The Morgan fingerprint density at radius 1 is 1.17 bits per heavy atom. The van der Waals surface area contributed by atoms with Gasteiger partial charge < -0.3 is 29.4 Å². The van der Waals surface area contributed by atoms with E-state index in [1.165, 1.54) is 21.9 Å². The van der Waals surface area contributed by atoms with Gasteiger partial charge in [-0.15, -0.1) is 11.3 Å². The molecule has 1 aliphatic carbocycles. The molecule has 6 heterocycles. The minimum atomic E-state index is -0.890. The number of cyclic esters (lactones) is 1. The van der Waals surface area contributed by atoms with E-state index in [1.807, 2.05) is 18.5 Å². The molecule has 4 atom stereocenters. The van der Waals surface area contributed by atoms with Crippen LogP contribution in [-0.4, -0.2) is 89.6 Å². The number of pyridine rings is 1. The first-order chi connectivity index (χ1) is 25.0. The topological polar surface area (TPSA) is 137 Å². The first-order valence-corrected chi connectivity index (χ1v) is 19.4. The van der Waals surface area contributed by atoms with E-state index in [-0.39, 0.29) is 30.5 Å². The molecule has 4 aliphatic rings. The number of aromatic nitrogens is 3. The molecule has 8 rings (SSSR count). The third-order valence-electron chi connectivity index (χ3n) is 11.3. The Labute approximate surface area is 308 Å². The number of hydrazine groups is 1. The summed E-state index contributed by atoms with van der Waals surface area (Å²) in [6.45, 7) is 12.9. The second-order valence-corrected chi connectivity index (χ2v) is 16.5. The highest BCUT2D eigenvalue weighted by Gasteiger charge is 2.64. The summed E-state index contributed by atoms with van der Waals surface area (Å²) < 4.78 is 20.2. The highest BCUT2D eigenvalue weighted by molar-refractivity contribution is 7.10. The van der Waals surface area contributed by atoms with Gasteiger partial charge in [0.15, 0.2) is 0 Å². The summed E-state index contributed by atoms with van der Waals surface area (Å²) in [5.41, 5.74) is 16.6. The van der Waals surface area contributed by atoms with E-state index in [4.69, 9.17) is 29.9 Å². The Bertz CT molecular complexity index is 2020. The second kappa shape index (κ2) is 13.5. The molecule has 4 aromatic rings. The number of esters is 1. The van der Waals surface area contributed by atoms with Gasteiger partial charge in [0.2, 0.25) is 0 Å². The Kier molecular flexibility index (Phi) is 9.14. The van der Waals surface area contributed by atoms with E-state index in [0.717, 1.165) is 75.9 Å². The van der Waals surface area contributed by atoms with Crippen molar-refractivity contribution < 1.29 is 23.8 Å². The number of morpholine rings is 1. The number of benzene rings is 1. The van der Waals surface area contributed by atoms with Crippen molar-refractivity contribution in [3.8, 4) is 22.5 Å². The van der Waals surface area contributed by atoms with Gasteiger partial charge in [0, 0.05) is 72.5 Å². The highest BCUT2D eigenvalue weighted by Crippen LogP contribution is 2.50. The third-order valence-corrected chi connectivity index (χ3v) is 12.2. The summed E-state index contributed by atoms with van der Waals surface area (Å²) in [4.78, 5) is 39.7. The van der Waals surface area contributed by atoms with E-state index in [0.29, 0.717) is 39.0 Å². The first kappa shape index (κ1) is 35.2. The highest BCUT2D eigenvalue weighted by atomic mass is 32.1. The predicted molar refractivity (Wildman–Crippen MR) is 201 cm³/mol. The van der Waals surface area contributed by atoms with Crippen LogP contribution in [0.15, 0.2) is 35.8 Å². The maximum Gasteiger partial charge on any atom is 0.328 e. The van der Waals surface area contributed by atoms with Gasteiger partial charge >= 0.3 is 5.97 Å². The number of nitrogens with one attached hydrogen (secondary N) is 1. The number of carbonyl (C=O) groups excluding carboxylic acids is 2. The average molecular weight is 728 g/mol. The maximum atomic E-state index is 13.9. The van der Waals surface area contributed by atoms with Gasteiger partial charge in [0.05, 0.1) is 65.9 Å². The molecule has 3 aromatic heterocycles. The van der Waals surface area contributed by atoms with Gasteiger partial charge in [0.1, 0.15) is 5.54 Å². The van der Waals surface area contributed by atoms with Crippen LogP contribution in [-0.2, 0) is 43.2 Å². The molecule has 2 saturated heterocycles. The monoisotopic (exact) mass is 727 g/mol. The number of methoxy groups -OCH3 is 1. The molecule has 52 heavy (non-hydrogen) atoms. The lowest BCUT2D eigenvalue weighted by molar-refractivity contribution is -0.156. The van der Waals surface area contributed by atoms with Crippen molar-refractivity contribution in [2.75, 3.05) is 51.5 Å². The molecule has 1 aromatic carbocycles. The van der Waals surface area contributed by atoms with Crippen LogP contribution in [0.25, 0.3) is 33.4 Å². The molecule has 6 bridgehead atoms. The van der Waals surface area contributed by atoms with Crippen LogP contribution in [0.1, 0.15) is 62.9 Å². The second-order valence-electron chi connectivity index (χ2n) is 15.5. The summed E-state index contributed by atoms with van der Waals surface area (Å²) >= 11 is 1.51. The van der Waals surface area contributed by atoms with Crippen molar-refractivity contribution in [3.05, 3.63) is 52.1 Å². The number of aryl methyl sites for hydroxylation is 1. The average Bonchev–Trinajstić information content (AvgIpc) is 3.60. The molecule has 12 nitrogen and oxygen atoms in total. The third kappa shape index (κ3) is 6.19. The van der Waals surface area contributed by atoms with Gasteiger partial charge in [-0.2, -0.15) is 0 Å². The Balaban J connectivity index is 1.30. The van der Waals surface area contributed by atoms with Crippen LogP contribution in [0.4, 0.5) is 5.69 Å². The van der Waals surface area contributed by atoms with Crippen LogP contribution < -0.4 is 16.1 Å². The standard InChI is InChI=1S/C39H49N7O5S/c1-6-45-32-8-7-24-15-27(32)29(35(45)28-16-26(44-11-13-50-14-12-44)20-41-34(28)23(2)49-5)19-38(3,4)22-51-37(48)39-18-25(39)9-10-46(43-39)36(47)30(40)17-33-42-31(24)21-52-33/h7-8,15-16,20-21,23,25,30,43H,6,9-14,17-19,22,40H2,1-5H3/t23-,25?,30-,39?/m0/s1. The number of hydrogen-bond acceptors (Lipinski definition) is 11. The van der Waals surface area contributed by atoms with E-state index in [2.05, 4.69) is 59.9 Å². The van der Waals surface area contributed by atoms with Crippen LogP contribution in [0.2, 0.25) is 0 Å². The molecule has 1 amide bonds. The van der Waals surface area contributed by atoms with Gasteiger partial charge in [0.25, 0.3) is 5.91 Å². The Morgan fingerprint density at radius 3 is 2.75 bits per heavy atom. The molecule has 3 N–H and O–H groups in total. The van der Waals surface area contributed by atoms with Crippen LogP contribution in [0.3, 0.4) is 0 Å². The normalized spacial score (nSPS) is 25.4. The largest absolute Gasteiger partial charge is 0.464 e. The van der Waals surface area contributed by atoms with Crippen molar-refractivity contribution in [1.29, 1.82) is 0 Å². The lowest BCUT2D eigenvalue weighted by Gasteiger charge is -2.35. The van der Waals surface area contributed by atoms with Crippen LogP contribution in [0, 0.1) is 11.3 Å². The quantitative estimate of drug-likeness (QED) is 0.274. The van der Waals surface area contributed by atoms with Gasteiger partial charge in [-0.05, 0) is 62.8 Å². The van der Waals surface area contributed by atoms with Crippen molar-refractivity contribution in [3.63, 3.8) is 0 Å². The molecule has 13 heteroatoms. The lowest BCUT2D eigenvalue weighted by Crippen LogP contribution is -2.61. The molecule has 0 radical (unpaired) electrons. The summed E-state index contributed by atoms with van der Waals surface area (Å²) in [6.07, 6.45) is 4.04. The number of thiazole rings is 1. The fourth-order valence-corrected chi connectivity index (χ4v) is 9.14. The Hall–Kier alpha value is -3.88. The zero-order chi connectivity index (χ0) is 36.4. The number of hydrogen-bond donors (Lipinski definition) is 2. The van der Waals surface area contributed by atoms with E-state index in [9.17, 15) is 9.59 Å². The van der Waals surface area contributed by atoms with Gasteiger partial charge in [-0.3, -0.25) is 14.8 Å². The summed E-state index contributed by atoms with van der Waals surface area (Å²) in [7, 11) is 1.72. The molecule has 276 valence electrons. The zero-order valence-electron chi connectivity index (χ0n) is 30.7. The lowest BCUT2D eigenvalue weighted by atomic mass is 9.84. The minimum absolute atomic E-state index is 0.135. The molecular weight excluding hydrogens is 679 g/mol. The number of fused-ring (bicyclic) bond motifs is 5. The van der Waals surface area contributed by atoms with Crippen LogP contribution in [0.5, 0.6) is 0 Å². The summed E-state index contributed by atoms with van der Waals surface area (Å²) in [5, 5.41) is 5.50. The molecule has 3 aliphatic heterocycles. The van der Waals surface area contributed by atoms with E-state index >= 15 is 0 Å². The van der Waals surface area contributed by atoms with E-state index < -0.39 is 17.0 Å². The molecule has 1 saturated carbocycles. The number of amides is 1. The summed E-state index contributed by atoms with van der Waals surface area (Å²) in [5.74, 6) is -0.403. The molecule has 3 fully saturated rings. The number of nitrogens with two attached hydrogens (primary N) is 1. The van der Waals surface area contributed by atoms with Crippen molar-refractivity contribution in [1.82, 2.24) is 25.0 Å². The Morgan fingerprint density at radius 2 is 1.98 bits per heavy atom. The number of anilines is 1. The SMILES string of the molecule is CCn1c(-c2cc(N3CCOCC3)cnc2[C@H](C)OC)c2c3cc(ccc31)-c1csc(n1)C[C@H](N)C(=O)N1CCC3CC3(N1)C(=O)OCC(C)(C)C2. The van der Waals surface area contributed by atoms with Gasteiger partial charge in [-0.25, -0.2) is 15.2 Å². The fourth-order valence-electron chi connectivity index (χ4n) is 8.27. The minimum Gasteiger partial charge on any atom is -0.464 e. The van der Waals surface area contributed by atoms with Crippen molar-refractivity contribution >= 4 is 39.8 Å². The van der Waals surface area contributed by atoms with Crippen molar-refractivity contribution in [2.24, 2.45) is 17.1 Å². The zero-order valence-corrected chi connectivity index (χ0v) is 31.6. The number of rotatable bonds is 5. The predicted octanol–water partition coefficient (Wildman–Crippen LogP) is 4.88.